The van der Waals surface area contributed by atoms with Gasteiger partial charge in [-0.15, -0.1) is 0 Å². The third-order valence-corrected chi connectivity index (χ3v) is 7.31. The van der Waals surface area contributed by atoms with E-state index in [0.717, 1.165) is 0 Å². The second-order valence-corrected chi connectivity index (χ2v) is 8.94. The molecule has 0 saturated carbocycles. The van der Waals surface area contributed by atoms with Gasteiger partial charge in [-0.25, -0.2) is 0 Å². The van der Waals surface area contributed by atoms with Gasteiger partial charge in [0.2, 0.25) is 5.91 Å². The normalized spacial score (nSPS) is 33.1. The van der Waals surface area contributed by atoms with Crippen LogP contribution in [0, 0.1) is 11.8 Å². The van der Waals surface area contributed by atoms with Crippen LogP contribution < -0.4 is 9.64 Å². The Hall–Kier alpha value is -3.17. The summed E-state index contributed by atoms with van der Waals surface area (Å²) in [6.45, 7) is 1.93. The molecule has 6 atom stereocenters. The van der Waals surface area contributed by atoms with Crippen molar-refractivity contribution >= 4 is 23.5 Å². The molecule has 1 aromatic rings. The van der Waals surface area contributed by atoms with E-state index in [1.165, 1.54) is 4.90 Å². The molecule has 0 radical (unpaired) electrons. The number of esters is 1. The maximum atomic E-state index is 14.1. The van der Waals surface area contributed by atoms with E-state index < -0.39 is 41.6 Å². The maximum Gasteiger partial charge on any atom is 0.313 e. The van der Waals surface area contributed by atoms with Gasteiger partial charge in [-0.2, -0.15) is 0 Å². The first-order valence-electron chi connectivity index (χ1n) is 11.5. The zero-order chi connectivity index (χ0) is 24.0. The summed E-state index contributed by atoms with van der Waals surface area (Å²) in [4.78, 5) is 43.9. The highest BCUT2D eigenvalue weighted by molar-refractivity contribution is 6.05. The molecule has 180 valence electrons. The number of benzene rings is 1. The Labute approximate surface area is 197 Å². The maximum absolute atomic E-state index is 14.1. The average Bonchev–Trinajstić information content (AvgIpc) is 3.15. The quantitative estimate of drug-likeness (QED) is 0.509. The number of hydrogen-bond acceptors (Lipinski definition) is 7. The van der Waals surface area contributed by atoms with E-state index in [1.54, 1.807) is 54.5 Å². The number of nitrogens with zero attached hydrogens (tertiary/aromatic N) is 2. The fourth-order valence-electron chi connectivity index (χ4n) is 5.71. The van der Waals surface area contributed by atoms with Crippen LogP contribution in [0.5, 0.6) is 5.75 Å². The number of cyclic esters (lactones) is 1. The van der Waals surface area contributed by atoms with Gasteiger partial charge in [-0.3, -0.25) is 14.4 Å². The molecule has 1 unspecified atom stereocenters. The van der Waals surface area contributed by atoms with E-state index in [0.29, 0.717) is 17.9 Å². The standard InChI is InChI=1S/C25H28N2O7/c1-3-15(14-28)27-21-23(30)26(16-7-9-17(32-2)10-8-16)12-5-11-25(21)20(22(27)29)19-18(34-25)6-4-13-33-24(19)31/h4-11,15,18-21,28H,3,12-14H2,1-2H3/t15-,18-,19+,20-,21?,25-/m0/s1. The zero-order valence-corrected chi connectivity index (χ0v) is 19.1. The van der Waals surface area contributed by atoms with E-state index >= 15 is 0 Å². The van der Waals surface area contributed by atoms with Crippen LogP contribution in [0.4, 0.5) is 5.69 Å². The van der Waals surface area contributed by atoms with Crippen molar-refractivity contribution in [1.29, 1.82) is 0 Å². The SMILES string of the molecule is CC[C@@H](CO)N1C(=O)[C@@H]2[C@@H]3C(=O)OCC=C[C@@H]3O[C@@]23C=CCN(c2ccc(OC)cc2)C(=O)C13. The number of ether oxygens (including phenoxy) is 3. The van der Waals surface area contributed by atoms with Gasteiger partial charge >= 0.3 is 5.97 Å². The number of rotatable bonds is 5. The van der Waals surface area contributed by atoms with Gasteiger partial charge in [-0.1, -0.05) is 25.2 Å². The van der Waals surface area contributed by atoms with E-state index in [9.17, 15) is 19.5 Å². The molecule has 4 aliphatic rings. The summed E-state index contributed by atoms with van der Waals surface area (Å²) in [6.07, 6.45) is 6.79. The molecular formula is C25H28N2O7. The van der Waals surface area contributed by atoms with Gasteiger partial charge in [-0.05, 0) is 36.8 Å². The summed E-state index contributed by atoms with van der Waals surface area (Å²) in [5.74, 6) is -2.34. The summed E-state index contributed by atoms with van der Waals surface area (Å²) < 4.78 is 17.0. The number of amides is 2. The van der Waals surface area contributed by atoms with Crippen LogP contribution in [0.15, 0.2) is 48.6 Å². The molecule has 9 heteroatoms. The number of aliphatic hydroxyl groups excluding tert-OH is 1. The van der Waals surface area contributed by atoms with Crippen molar-refractivity contribution in [3.8, 4) is 5.75 Å². The Balaban J connectivity index is 1.62. The predicted octanol–water partition coefficient (Wildman–Crippen LogP) is 1.06. The first-order chi connectivity index (χ1) is 16.5. The van der Waals surface area contributed by atoms with Crippen molar-refractivity contribution in [2.24, 2.45) is 11.8 Å². The fraction of sp³-hybridized carbons (Fsp3) is 0.480. The van der Waals surface area contributed by atoms with Gasteiger partial charge in [0.05, 0.1) is 31.8 Å². The van der Waals surface area contributed by atoms with Gasteiger partial charge in [0.1, 0.15) is 29.9 Å². The van der Waals surface area contributed by atoms with Crippen molar-refractivity contribution in [2.45, 2.75) is 37.1 Å². The number of likely N-dealkylation sites (tertiary alicyclic amines) is 1. The first-order valence-corrected chi connectivity index (χ1v) is 11.5. The van der Waals surface area contributed by atoms with Crippen molar-refractivity contribution in [3.63, 3.8) is 0 Å². The Morgan fingerprint density at radius 2 is 1.94 bits per heavy atom. The van der Waals surface area contributed by atoms with Crippen LogP contribution in [0.25, 0.3) is 0 Å². The van der Waals surface area contributed by atoms with Crippen molar-refractivity contribution in [2.75, 3.05) is 31.8 Å². The lowest BCUT2D eigenvalue weighted by Crippen LogP contribution is -2.58. The summed E-state index contributed by atoms with van der Waals surface area (Å²) >= 11 is 0. The lowest BCUT2D eigenvalue weighted by molar-refractivity contribution is -0.153. The first kappa shape index (κ1) is 22.6. The molecule has 1 aromatic carbocycles. The molecule has 1 N–H and O–H groups in total. The van der Waals surface area contributed by atoms with Gasteiger partial charge in [0.15, 0.2) is 0 Å². The molecule has 4 aliphatic heterocycles. The summed E-state index contributed by atoms with van der Waals surface area (Å²) in [6, 6.07) is 5.47. The molecule has 1 spiro atoms. The van der Waals surface area contributed by atoms with Crippen LogP contribution in [-0.2, 0) is 23.9 Å². The van der Waals surface area contributed by atoms with Crippen LogP contribution >= 0.6 is 0 Å². The van der Waals surface area contributed by atoms with Gasteiger partial charge in [0.25, 0.3) is 5.91 Å². The third-order valence-electron chi connectivity index (χ3n) is 7.31. The van der Waals surface area contributed by atoms with E-state index in [1.807, 2.05) is 13.0 Å². The molecular weight excluding hydrogens is 440 g/mol. The molecule has 9 nitrogen and oxygen atoms in total. The Bertz CT molecular complexity index is 1050. The molecule has 0 bridgehead atoms. The van der Waals surface area contributed by atoms with Gasteiger partial charge in [0, 0.05) is 12.2 Å². The molecule has 5 rings (SSSR count). The number of carbonyl (C=O) groups is 3. The molecule has 4 heterocycles. The van der Waals surface area contributed by atoms with E-state index in [2.05, 4.69) is 0 Å². The number of fused-ring (bicyclic) bond motifs is 2. The summed E-state index contributed by atoms with van der Waals surface area (Å²) in [7, 11) is 1.57. The number of methoxy groups -OCH3 is 1. The van der Waals surface area contributed by atoms with Crippen LogP contribution in [0.1, 0.15) is 13.3 Å². The van der Waals surface area contributed by atoms with Gasteiger partial charge < -0.3 is 29.1 Å². The second kappa shape index (κ2) is 8.56. The topological polar surface area (TPSA) is 106 Å². The number of hydrogen-bond donors (Lipinski definition) is 1. The molecule has 2 fully saturated rings. The Morgan fingerprint density at radius 3 is 2.62 bits per heavy atom. The van der Waals surface area contributed by atoms with Crippen LogP contribution in [0.2, 0.25) is 0 Å². The average molecular weight is 469 g/mol. The Kier molecular flexibility index (Phi) is 5.69. The largest absolute Gasteiger partial charge is 0.497 e. The zero-order valence-electron chi connectivity index (χ0n) is 19.1. The lowest BCUT2D eigenvalue weighted by atomic mass is 9.78. The minimum atomic E-state index is -1.34. The summed E-state index contributed by atoms with van der Waals surface area (Å²) in [5.41, 5.74) is -0.694. The monoisotopic (exact) mass is 468 g/mol. The van der Waals surface area contributed by atoms with Crippen LogP contribution in [0.3, 0.4) is 0 Å². The van der Waals surface area contributed by atoms with E-state index in [-0.39, 0.29) is 31.6 Å². The highest BCUT2D eigenvalue weighted by Crippen LogP contribution is 2.54. The minimum absolute atomic E-state index is 0.116. The molecule has 2 amide bonds. The fourth-order valence-corrected chi connectivity index (χ4v) is 5.71. The summed E-state index contributed by atoms with van der Waals surface area (Å²) in [5, 5.41) is 10.1. The molecule has 0 aliphatic carbocycles. The van der Waals surface area contributed by atoms with Crippen molar-refractivity contribution in [3.05, 3.63) is 48.6 Å². The van der Waals surface area contributed by atoms with E-state index in [4.69, 9.17) is 14.2 Å². The number of anilines is 1. The van der Waals surface area contributed by atoms with Crippen molar-refractivity contribution in [1.82, 2.24) is 4.90 Å². The smallest absolute Gasteiger partial charge is 0.313 e. The highest BCUT2D eigenvalue weighted by Gasteiger charge is 2.72. The second-order valence-electron chi connectivity index (χ2n) is 8.94. The highest BCUT2D eigenvalue weighted by atomic mass is 16.6. The number of aliphatic hydroxyl groups is 1. The van der Waals surface area contributed by atoms with Crippen molar-refractivity contribution < 1.29 is 33.7 Å². The molecule has 2 saturated heterocycles. The molecule has 34 heavy (non-hydrogen) atoms. The minimum Gasteiger partial charge on any atom is -0.497 e. The third kappa shape index (κ3) is 3.18. The molecule has 0 aromatic heterocycles. The lowest BCUT2D eigenvalue weighted by Gasteiger charge is -2.38. The predicted molar refractivity (Wildman–Crippen MR) is 121 cm³/mol. The Morgan fingerprint density at radius 1 is 1.18 bits per heavy atom. The number of carbonyl (C=O) groups excluding carboxylic acids is 3. The van der Waals surface area contributed by atoms with Crippen LogP contribution in [-0.4, -0.2) is 78.4 Å².